The summed E-state index contributed by atoms with van der Waals surface area (Å²) < 4.78 is 16.3. The normalized spacial score (nSPS) is 12.2. The quantitative estimate of drug-likeness (QED) is 0.790. The van der Waals surface area contributed by atoms with Gasteiger partial charge in [0.1, 0.15) is 6.61 Å². The third-order valence-corrected chi connectivity index (χ3v) is 2.42. The number of hydrogen-bond donors (Lipinski definition) is 1. The van der Waals surface area contributed by atoms with Crippen LogP contribution in [-0.4, -0.2) is 26.4 Å². The summed E-state index contributed by atoms with van der Waals surface area (Å²) in [6, 6.07) is 5.74. The molecule has 0 radical (unpaired) electrons. The maximum atomic E-state index is 5.65. The van der Waals surface area contributed by atoms with Gasteiger partial charge in [-0.1, -0.05) is 6.07 Å². The lowest BCUT2D eigenvalue weighted by atomic mass is 10.2. The lowest BCUT2D eigenvalue weighted by molar-refractivity contribution is 0.0703. The summed E-state index contributed by atoms with van der Waals surface area (Å²) in [5.74, 6) is 1.46. The van der Waals surface area contributed by atoms with Gasteiger partial charge in [0, 0.05) is 13.7 Å². The Morgan fingerprint density at radius 3 is 2.59 bits per heavy atom. The second-order valence-corrected chi connectivity index (χ2v) is 3.78. The third-order valence-electron chi connectivity index (χ3n) is 2.42. The summed E-state index contributed by atoms with van der Waals surface area (Å²) in [5.41, 5.74) is 6.62. The molecule has 1 rings (SSSR count). The molecule has 0 bridgehead atoms. The molecule has 2 N–H and O–H groups in total. The summed E-state index contributed by atoms with van der Waals surface area (Å²) in [6.07, 6.45) is 0.0543. The average molecular weight is 239 g/mol. The van der Waals surface area contributed by atoms with Gasteiger partial charge < -0.3 is 19.9 Å². The predicted octanol–water partition coefficient (Wildman–Crippen LogP) is 1.96. The Morgan fingerprint density at radius 2 is 2.00 bits per heavy atom. The number of ether oxygens (including phenoxy) is 3. The van der Waals surface area contributed by atoms with E-state index in [9.17, 15) is 0 Å². The van der Waals surface area contributed by atoms with E-state index in [-0.39, 0.29) is 6.10 Å². The third kappa shape index (κ3) is 4.24. The number of rotatable bonds is 7. The predicted molar refractivity (Wildman–Crippen MR) is 67.5 cm³/mol. The lowest BCUT2D eigenvalue weighted by Gasteiger charge is -2.15. The van der Waals surface area contributed by atoms with Gasteiger partial charge in [-0.05, 0) is 31.5 Å². The Hall–Kier alpha value is -1.26. The standard InChI is InChI=1S/C13H21NO3/c1-4-16-13-7-11(8-14)5-6-12(13)17-9-10(2)15-3/h5-7,10H,4,8-9,14H2,1-3H3. The Bertz CT molecular complexity index is 341. The monoisotopic (exact) mass is 239 g/mol. The molecule has 4 heteroatoms. The maximum absolute atomic E-state index is 5.65. The van der Waals surface area contributed by atoms with E-state index in [4.69, 9.17) is 19.9 Å². The molecule has 0 amide bonds. The molecule has 0 saturated heterocycles. The van der Waals surface area contributed by atoms with Crippen molar-refractivity contribution in [1.82, 2.24) is 0 Å². The Labute approximate surface area is 103 Å². The van der Waals surface area contributed by atoms with E-state index < -0.39 is 0 Å². The zero-order valence-corrected chi connectivity index (χ0v) is 10.7. The molecule has 1 unspecified atom stereocenters. The second-order valence-electron chi connectivity index (χ2n) is 3.78. The molecular weight excluding hydrogens is 218 g/mol. The highest BCUT2D eigenvalue weighted by molar-refractivity contribution is 5.43. The highest BCUT2D eigenvalue weighted by Gasteiger charge is 2.08. The first-order valence-corrected chi connectivity index (χ1v) is 5.82. The van der Waals surface area contributed by atoms with Gasteiger partial charge in [0.05, 0.1) is 12.7 Å². The van der Waals surface area contributed by atoms with Gasteiger partial charge in [0.25, 0.3) is 0 Å². The summed E-state index contributed by atoms with van der Waals surface area (Å²) in [7, 11) is 1.66. The van der Waals surface area contributed by atoms with Crippen LogP contribution in [0.4, 0.5) is 0 Å². The van der Waals surface area contributed by atoms with Crippen molar-refractivity contribution in [3.8, 4) is 11.5 Å². The van der Waals surface area contributed by atoms with E-state index in [1.807, 2.05) is 32.0 Å². The van der Waals surface area contributed by atoms with Gasteiger partial charge in [-0.25, -0.2) is 0 Å². The first-order chi connectivity index (χ1) is 8.21. The number of benzene rings is 1. The second kappa shape index (κ2) is 7.14. The molecule has 0 fully saturated rings. The molecular formula is C13H21NO3. The van der Waals surface area contributed by atoms with E-state index in [0.717, 1.165) is 17.1 Å². The summed E-state index contributed by atoms with van der Waals surface area (Å²) in [6.45, 7) is 5.49. The van der Waals surface area contributed by atoms with Crippen molar-refractivity contribution in [2.45, 2.75) is 26.5 Å². The fourth-order valence-electron chi connectivity index (χ4n) is 1.34. The van der Waals surface area contributed by atoms with E-state index in [1.165, 1.54) is 0 Å². The fourth-order valence-corrected chi connectivity index (χ4v) is 1.34. The zero-order chi connectivity index (χ0) is 12.7. The first kappa shape index (κ1) is 13.8. The van der Waals surface area contributed by atoms with Crippen LogP contribution in [0.5, 0.6) is 11.5 Å². The minimum atomic E-state index is 0.0543. The van der Waals surface area contributed by atoms with Crippen LogP contribution in [-0.2, 0) is 11.3 Å². The zero-order valence-electron chi connectivity index (χ0n) is 10.7. The van der Waals surface area contributed by atoms with Gasteiger partial charge in [0.2, 0.25) is 0 Å². The number of methoxy groups -OCH3 is 1. The molecule has 0 spiro atoms. The molecule has 0 aliphatic rings. The molecule has 0 aromatic heterocycles. The van der Waals surface area contributed by atoms with Crippen molar-refractivity contribution in [3.05, 3.63) is 23.8 Å². The minimum Gasteiger partial charge on any atom is -0.490 e. The molecule has 0 aliphatic heterocycles. The van der Waals surface area contributed by atoms with E-state index in [0.29, 0.717) is 19.8 Å². The lowest BCUT2D eigenvalue weighted by Crippen LogP contribution is -2.16. The largest absolute Gasteiger partial charge is 0.490 e. The van der Waals surface area contributed by atoms with Gasteiger partial charge >= 0.3 is 0 Å². The molecule has 17 heavy (non-hydrogen) atoms. The minimum absolute atomic E-state index is 0.0543. The van der Waals surface area contributed by atoms with Crippen molar-refractivity contribution < 1.29 is 14.2 Å². The molecule has 0 saturated carbocycles. The van der Waals surface area contributed by atoms with Crippen LogP contribution < -0.4 is 15.2 Å². The Balaban J connectivity index is 2.75. The van der Waals surface area contributed by atoms with Crippen molar-refractivity contribution in [1.29, 1.82) is 0 Å². The van der Waals surface area contributed by atoms with E-state index in [2.05, 4.69) is 0 Å². The number of hydrogen-bond acceptors (Lipinski definition) is 4. The van der Waals surface area contributed by atoms with Gasteiger partial charge in [-0.15, -0.1) is 0 Å². The van der Waals surface area contributed by atoms with Crippen molar-refractivity contribution in [2.75, 3.05) is 20.3 Å². The van der Waals surface area contributed by atoms with Gasteiger partial charge in [-0.3, -0.25) is 0 Å². The van der Waals surface area contributed by atoms with E-state index in [1.54, 1.807) is 7.11 Å². The molecule has 1 aromatic rings. The molecule has 0 aliphatic carbocycles. The molecule has 1 aromatic carbocycles. The highest BCUT2D eigenvalue weighted by Crippen LogP contribution is 2.28. The van der Waals surface area contributed by atoms with Crippen molar-refractivity contribution in [3.63, 3.8) is 0 Å². The van der Waals surface area contributed by atoms with Gasteiger partial charge in [-0.2, -0.15) is 0 Å². The molecule has 96 valence electrons. The Kier molecular flexibility index (Phi) is 5.80. The topological polar surface area (TPSA) is 53.7 Å². The Morgan fingerprint density at radius 1 is 1.24 bits per heavy atom. The van der Waals surface area contributed by atoms with Crippen molar-refractivity contribution >= 4 is 0 Å². The van der Waals surface area contributed by atoms with Crippen LogP contribution in [0.1, 0.15) is 19.4 Å². The first-order valence-electron chi connectivity index (χ1n) is 5.82. The molecule has 0 heterocycles. The smallest absolute Gasteiger partial charge is 0.161 e. The van der Waals surface area contributed by atoms with Crippen LogP contribution in [0.3, 0.4) is 0 Å². The van der Waals surface area contributed by atoms with Crippen LogP contribution in [0.25, 0.3) is 0 Å². The van der Waals surface area contributed by atoms with Crippen LogP contribution in [0.2, 0.25) is 0 Å². The maximum Gasteiger partial charge on any atom is 0.161 e. The average Bonchev–Trinajstić information content (AvgIpc) is 2.37. The van der Waals surface area contributed by atoms with Crippen molar-refractivity contribution in [2.24, 2.45) is 5.73 Å². The van der Waals surface area contributed by atoms with E-state index >= 15 is 0 Å². The summed E-state index contributed by atoms with van der Waals surface area (Å²) in [5, 5.41) is 0. The number of nitrogens with two attached hydrogens (primary N) is 1. The van der Waals surface area contributed by atoms with Gasteiger partial charge in [0.15, 0.2) is 11.5 Å². The summed E-state index contributed by atoms with van der Waals surface area (Å²) in [4.78, 5) is 0. The molecule has 1 atom stereocenters. The summed E-state index contributed by atoms with van der Waals surface area (Å²) >= 11 is 0. The molecule has 4 nitrogen and oxygen atoms in total. The van der Waals surface area contributed by atoms with Crippen LogP contribution in [0, 0.1) is 0 Å². The van der Waals surface area contributed by atoms with Crippen LogP contribution in [0.15, 0.2) is 18.2 Å². The highest BCUT2D eigenvalue weighted by atomic mass is 16.5. The fraction of sp³-hybridized carbons (Fsp3) is 0.538. The van der Waals surface area contributed by atoms with Crippen LogP contribution >= 0.6 is 0 Å². The SMILES string of the molecule is CCOc1cc(CN)ccc1OCC(C)OC.